The van der Waals surface area contributed by atoms with Crippen LogP contribution < -0.4 is 10.0 Å². The second-order valence-corrected chi connectivity index (χ2v) is 8.49. The van der Waals surface area contributed by atoms with Crippen molar-refractivity contribution in [2.24, 2.45) is 0 Å². The number of piperidine rings is 1. The summed E-state index contributed by atoms with van der Waals surface area (Å²) in [6.45, 7) is 0.660. The Hall–Kier alpha value is -2.78. The Morgan fingerprint density at radius 2 is 1.62 bits per heavy atom. The van der Waals surface area contributed by atoms with Crippen LogP contribution in [0.15, 0.2) is 59.5 Å². The zero-order valence-electron chi connectivity index (χ0n) is 15.7. The van der Waals surface area contributed by atoms with E-state index in [-0.39, 0.29) is 29.3 Å². The fourth-order valence-corrected chi connectivity index (χ4v) is 4.41. The van der Waals surface area contributed by atoms with Gasteiger partial charge in [0.25, 0.3) is 5.91 Å². The summed E-state index contributed by atoms with van der Waals surface area (Å²) >= 11 is 0. The smallest absolute Gasteiger partial charge is 0.251 e. The van der Waals surface area contributed by atoms with Gasteiger partial charge in [0.1, 0.15) is 5.82 Å². The second-order valence-electron chi connectivity index (χ2n) is 6.78. The minimum Gasteiger partial charge on any atom is -0.343 e. The van der Waals surface area contributed by atoms with Crippen LogP contribution in [0, 0.1) is 5.82 Å². The van der Waals surface area contributed by atoms with Gasteiger partial charge in [-0.3, -0.25) is 9.59 Å². The van der Waals surface area contributed by atoms with Crippen molar-refractivity contribution in [2.45, 2.75) is 23.8 Å². The van der Waals surface area contributed by atoms with Gasteiger partial charge in [-0.05, 0) is 49.2 Å². The molecule has 1 heterocycles. The predicted molar refractivity (Wildman–Crippen MR) is 105 cm³/mol. The second kappa shape index (κ2) is 9.15. The molecule has 2 amide bonds. The Bertz CT molecular complexity index is 957. The van der Waals surface area contributed by atoms with Crippen LogP contribution in [-0.4, -0.2) is 50.8 Å². The van der Waals surface area contributed by atoms with E-state index >= 15 is 0 Å². The molecule has 2 aromatic carbocycles. The van der Waals surface area contributed by atoms with Gasteiger partial charge >= 0.3 is 0 Å². The van der Waals surface area contributed by atoms with Crippen molar-refractivity contribution in [1.82, 2.24) is 14.9 Å². The van der Waals surface area contributed by atoms with Gasteiger partial charge in [-0.25, -0.2) is 17.5 Å². The lowest BCUT2D eigenvalue weighted by Crippen LogP contribution is -2.48. The molecule has 2 N–H and O–H groups in total. The van der Waals surface area contributed by atoms with Crippen LogP contribution in [-0.2, 0) is 14.8 Å². The van der Waals surface area contributed by atoms with Crippen molar-refractivity contribution < 1.29 is 22.4 Å². The van der Waals surface area contributed by atoms with Crippen LogP contribution in [0.4, 0.5) is 4.39 Å². The number of sulfonamides is 1. The largest absolute Gasteiger partial charge is 0.343 e. The molecule has 0 saturated carbocycles. The molecule has 1 fully saturated rings. The molecule has 0 atom stereocenters. The van der Waals surface area contributed by atoms with E-state index in [1.807, 2.05) is 0 Å². The number of likely N-dealkylation sites (tertiary alicyclic amines) is 1. The lowest BCUT2D eigenvalue weighted by Gasteiger charge is -2.32. The van der Waals surface area contributed by atoms with Crippen LogP contribution in [0.1, 0.15) is 23.2 Å². The SMILES string of the molecule is O=C(NCC(=O)N1CCC(NS(=O)(=O)c2ccc(F)cc2)CC1)c1ccccc1. The average Bonchev–Trinajstić information content (AvgIpc) is 2.73. The molecule has 0 aliphatic carbocycles. The molecule has 29 heavy (non-hydrogen) atoms. The molecular formula is C20H22FN3O4S. The first kappa shape index (κ1) is 20.9. The quantitative estimate of drug-likeness (QED) is 0.742. The number of hydrogen-bond donors (Lipinski definition) is 2. The standard InChI is InChI=1S/C20H22FN3O4S/c21-16-6-8-18(9-7-16)29(27,28)23-17-10-12-24(13-11-17)19(25)14-22-20(26)15-4-2-1-3-5-15/h1-9,17,23H,10-14H2,(H,22,26). The number of amides is 2. The van der Waals surface area contributed by atoms with E-state index in [9.17, 15) is 22.4 Å². The highest BCUT2D eigenvalue weighted by Crippen LogP contribution is 2.15. The third-order valence-electron chi connectivity index (χ3n) is 4.73. The van der Waals surface area contributed by atoms with Crippen LogP contribution in [0.2, 0.25) is 0 Å². The molecule has 0 unspecified atom stereocenters. The van der Waals surface area contributed by atoms with Gasteiger partial charge in [0.05, 0.1) is 11.4 Å². The highest BCUT2D eigenvalue weighted by Gasteiger charge is 2.26. The molecule has 2 aromatic rings. The van der Waals surface area contributed by atoms with Crippen LogP contribution in [0.25, 0.3) is 0 Å². The van der Waals surface area contributed by atoms with E-state index in [0.717, 1.165) is 12.1 Å². The lowest BCUT2D eigenvalue weighted by molar-refractivity contribution is -0.131. The Labute approximate surface area is 169 Å². The number of halogens is 1. The molecule has 9 heteroatoms. The Kier molecular flexibility index (Phi) is 6.60. The van der Waals surface area contributed by atoms with Crippen LogP contribution in [0.5, 0.6) is 0 Å². The highest BCUT2D eigenvalue weighted by molar-refractivity contribution is 7.89. The van der Waals surface area contributed by atoms with Crippen molar-refractivity contribution in [2.75, 3.05) is 19.6 Å². The van der Waals surface area contributed by atoms with E-state index in [1.54, 1.807) is 35.2 Å². The number of rotatable bonds is 6. The van der Waals surface area contributed by atoms with Crippen molar-refractivity contribution in [1.29, 1.82) is 0 Å². The fraction of sp³-hybridized carbons (Fsp3) is 0.300. The Morgan fingerprint density at radius 3 is 2.24 bits per heavy atom. The normalized spacial score (nSPS) is 15.1. The third kappa shape index (κ3) is 5.61. The van der Waals surface area contributed by atoms with E-state index in [1.165, 1.54) is 12.1 Å². The molecule has 1 saturated heterocycles. The topological polar surface area (TPSA) is 95.6 Å². The monoisotopic (exact) mass is 419 g/mol. The maximum absolute atomic E-state index is 13.0. The Balaban J connectivity index is 1.46. The number of benzene rings is 2. The zero-order valence-corrected chi connectivity index (χ0v) is 16.5. The van der Waals surface area contributed by atoms with Crippen LogP contribution >= 0.6 is 0 Å². The minimum absolute atomic E-state index is 0.000954. The molecule has 1 aliphatic heterocycles. The van der Waals surface area contributed by atoms with Crippen molar-refractivity contribution in [3.05, 3.63) is 66.0 Å². The Morgan fingerprint density at radius 1 is 1.00 bits per heavy atom. The molecule has 3 rings (SSSR count). The average molecular weight is 419 g/mol. The van der Waals surface area contributed by atoms with Crippen molar-refractivity contribution >= 4 is 21.8 Å². The van der Waals surface area contributed by atoms with E-state index in [2.05, 4.69) is 10.0 Å². The summed E-state index contributed by atoms with van der Waals surface area (Å²) < 4.78 is 40.3. The lowest BCUT2D eigenvalue weighted by atomic mass is 10.1. The molecule has 0 radical (unpaired) electrons. The number of carbonyl (C=O) groups is 2. The first-order chi connectivity index (χ1) is 13.8. The molecule has 0 spiro atoms. The van der Waals surface area contributed by atoms with Crippen molar-refractivity contribution in [3.8, 4) is 0 Å². The molecule has 7 nitrogen and oxygen atoms in total. The fourth-order valence-electron chi connectivity index (χ4n) is 3.11. The summed E-state index contributed by atoms with van der Waals surface area (Å²) in [6.07, 6.45) is 0.914. The van der Waals surface area contributed by atoms with Gasteiger partial charge in [-0.15, -0.1) is 0 Å². The summed E-state index contributed by atoms with van der Waals surface area (Å²) in [6, 6.07) is 12.9. The van der Waals surface area contributed by atoms with Gasteiger partial charge in [0, 0.05) is 24.7 Å². The molecule has 0 bridgehead atoms. The predicted octanol–water partition coefficient (Wildman–Crippen LogP) is 1.52. The summed E-state index contributed by atoms with van der Waals surface area (Å²) in [7, 11) is -3.74. The maximum Gasteiger partial charge on any atom is 0.251 e. The van der Waals surface area contributed by atoms with E-state index in [0.29, 0.717) is 31.5 Å². The van der Waals surface area contributed by atoms with Gasteiger partial charge < -0.3 is 10.2 Å². The van der Waals surface area contributed by atoms with E-state index in [4.69, 9.17) is 0 Å². The third-order valence-corrected chi connectivity index (χ3v) is 6.27. The first-order valence-corrected chi connectivity index (χ1v) is 10.7. The molecule has 1 aliphatic rings. The van der Waals surface area contributed by atoms with Gasteiger partial charge in [0.15, 0.2) is 0 Å². The zero-order chi connectivity index (χ0) is 20.9. The van der Waals surface area contributed by atoms with Gasteiger partial charge in [-0.2, -0.15) is 0 Å². The summed E-state index contributed by atoms with van der Waals surface area (Å²) in [5.74, 6) is -1.04. The number of carbonyl (C=O) groups excluding carboxylic acids is 2. The highest BCUT2D eigenvalue weighted by atomic mass is 32.2. The van der Waals surface area contributed by atoms with Crippen molar-refractivity contribution in [3.63, 3.8) is 0 Å². The van der Waals surface area contributed by atoms with Gasteiger partial charge in [-0.1, -0.05) is 18.2 Å². The number of nitrogens with zero attached hydrogens (tertiary/aromatic N) is 1. The number of hydrogen-bond acceptors (Lipinski definition) is 4. The minimum atomic E-state index is -3.74. The summed E-state index contributed by atoms with van der Waals surface area (Å²) in [5, 5.41) is 2.60. The summed E-state index contributed by atoms with van der Waals surface area (Å²) in [4.78, 5) is 25.9. The molecule has 0 aromatic heterocycles. The molecular weight excluding hydrogens is 397 g/mol. The van der Waals surface area contributed by atoms with Gasteiger partial charge in [0.2, 0.25) is 15.9 Å². The summed E-state index contributed by atoms with van der Waals surface area (Å²) in [5.41, 5.74) is 0.481. The van der Waals surface area contributed by atoms with E-state index < -0.39 is 15.8 Å². The maximum atomic E-state index is 13.0. The first-order valence-electron chi connectivity index (χ1n) is 9.24. The van der Waals surface area contributed by atoms with Crippen LogP contribution in [0.3, 0.4) is 0 Å². The number of nitrogens with one attached hydrogen (secondary N) is 2. The molecule has 154 valence electrons.